The van der Waals surface area contributed by atoms with E-state index in [4.69, 9.17) is 4.74 Å². The van der Waals surface area contributed by atoms with Crippen molar-refractivity contribution in [1.29, 1.82) is 0 Å². The van der Waals surface area contributed by atoms with Gasteiger partial charge in [-0.3, -0.25) is 13.9 Å². The van der Waals surface area contributed by atoms with Gasteiger partial charge < -0.3 is 15.0 Å². The molecule has 0 fully saturated rings. The van der Waals surface area contributed by atoms with Crippen molar-refractivity contribution in [3.63, 3.8) is 0 Å². The molecule has 9 heteroatoms. The highest BCUT2D eigenvalue weighted by Gasteiger charge is 2.32. The predicted octanol–water partition coefficient (Wildman–Crippen LogP) is 4.53. The van der Waals surface area contributed by atoms with E-state index in [0.29, 0.717) is 18.0 Å². The van der Waals surface area contributed by atoms with Crippen molar-refractivity contribution < 1.29 is 22.7 Å². The maximum absolute atomic E-state index is 13.9. The van der Waals surface area contributed by atoms with Crippen LogP contribution in [0.25, 0.3) is 0 Å². The molecular weight excluding hydrogens is 514 g/mol. The summed E-state index contributed by atoms with van der Waals surface area (Å²) in [5.74, 6) is -0.225. The molecule has 39 heavy (non-hydrogen) atoms. The van der Waals surface area contributed by atoms with Crippen LogP contribution in [0.15, 0.2) is 83.8 Å². The van der Waals surface area contributed by atoms with Gasteiger partial charge >= 0.3 is 0 Å². The summed E-state index contributed by atoms with van der Waals surface area (Å²) in [6, 6.07) is 21.3. The number of hydrogen-bond acceptors (Lipinski definition) is 5. The number of ether oxygens (including phenoxy) is 1. The fraction of sp³-hybridized carbons (Fsp3) is 0.333. The second-order valence-corrected chi connectivity index (χ2v) is 11.2. The number of benzene rings is 3. The lowest BCUT2D eigenvalue weighted by molar-refractivity contribution is -0.139. The molecule has 3 aromatic carbocycles. The van der Waals surface area contributed by atoms with Gasteiger partial charge in [-0.25, -0.2) is 8.42 Å². The molecule has 3 rings (SSSR count). The Balaban J connectivity index is 1.99. The van der Waals surface area contributed by atoms with E-state index in [-0.39, 0.29) is 17.3 Å². The molecule has 0 aromatic heterocycles. The number of carbonyl (C=O) groups is 2. The molecule has 0 aliphatic rings. The Hall–Kier alpha value is -3.85. The SMILES string of the molecule is CCCCNC(=O)[C@@H](C)N(Cc1cccc(C)c1)C(=O)CN(c1ccc(OC)cc1)S(=O)(=O)c1ccccc1. The molecule has 1 N–H and O–H groups in total. The van der Waals surface area contributed by atoms with Gasteiger partial charge in [-0.05, 0) is 62.2 Å². The van der Waals surface area contributed by atoms with E-state index < -0.39 is 28.5 Å². The molecule has 0 aliphatic heterocycles. The van der Waals surface area contributed by atoms with E-state index in [1.165, 1.54) is 24.1 Å². The highest BCUT2D eigenvalue weighted by molar-refractivity contribution is 7.92. The molecule has 1 atom stereocenters. The Morgan fingerprint density at radius 2 is 1.67 bits per heavy atom. The average Bonchev–Trinajstić information content (AvgIpc) is 2.94. The minimum absolute atomic E-state index is 0.0595. The summed E-state index contributed by atoms with van der Waals surface area (Å²) in [6.45, 7) is 5.83. The van der Waals surface area contributed by atoms with Gasteiger partial charge in [0, 0.05) is 13.1 Å². The van der Waals surface area contributed by atoms with Gasteiger partial charge in [0.05, 0.1) is 17.7 Å². The molecule has 0 spiro atoms. The topological polar surface area (TPSA) is 96.0 Å². The third kappa shape index (κ3) is 7.83. The largest absolute Gasteiger partial charge is 0.497 e. The summed E-state index contributed by atoms with van der Waals surface area (Å²) >= 11 is 0. The third-order valence-corrected chi connectivity index (χ3v) is 8.19. The van der Waals surface area contributed by atoms with Gasteiger partial charge in [0.1, 0.15) is 18.3 Å². The second kappa shape index (κ2) is 13.8. The molecule has 0 heterocycles. The fourth-order valence-electron chi connectivity index (χ4n) is 4.12. The van der Waals surface area contributed by atoms with Gasteiger partial charge in [0.25, 0.3) is 10.0 Å². The Bertz CT molecular complexity index is 1340. The van der Waals surface area contributed by atoms with Crippen molar-refractivity contribution in [2.45, 2.75) is 51.1 Å². The number of sulfonamides is 1. The number of carbonyl (C=O) groups excluding carboxylic acids is 2. The fourth-order valence-corrected chi connectivity index (χ4v) is 5.56. The molecule has 208 valence electrons. The van der Waals surface area contributed by atoms with Crippen LogP contribution in [0.4, 0.5) is 5.69 Å². The molecule has 3 aromatic rings. The molecule has 2 amide bonds. The van der Waals surface area contributed by atoms with Gasteiger partial charge in [-0.1, -0.05) is 61.4 Å². The lowest BCUT2D eigenvalue weighted by atomic mass is 10.1. The number of hydrogen-bond donors (Lipinski definition) is 1. The highest BCUT2D eigenvalue weighted by atomic mass is 32.2. The standard InChI is InChI=1S/C30H37N3O5S/c1-5-6-19-31-30(35)24(3)32(21-25-12-10-11-23(2)20-25)29(34)22-33(26-15-17-27(38-4)18-16-26)39(36,37)28-13-8-7-9-14-28/h7-18,20,24H,5-6,19,21-22H2,1-4H3,(H,31,35)/t24-/m1/s1. The normalized spacial score (nSPS) is 11.9. The lowest BCUT2D eigenvalue weighted by Gasteiger charge is -2.32. The molecule has 0 aliphatic carbocycles. The summed E-state index contributed by atoms with van der Waals surface area (Å²) < 4.78 is 33.8. The van der Waals surface area contributed by atoms with E-state index in [1.807, 2.05) is 38.1 Å². The first-order valence-electron chi connectivity index (χ1n) is 13.0. The number of rotatable bonds is 13. The first kappa shape index (κ1) is 29.7. The molecular formula is C30H37N3O5S. The smallest absolute Gasteiger partial charge is 0.264 e. The van der Waals surface area contributed by atoms with Crippen LogP contribution in [0.1, 0.15) is 37.8 Å². The lowest BCUT2D eigenvalue weighted by Crippen LogP contribution is -2.51. The quantitative estimate of drug-likeness (QED) is 0.315. The second-order valence-electron chi connectivity index (χ2n) is 9.35. The monoisotopic (exact) mass is 551 g/mol. The van der Waals surface area contributed by atoms with E-state index in [9.17, 15) is 18.0 Å². The van der Waals surface area contributed by atoms with Crippen molar-refractivity contribution in [3.05, 3.63) is 90.0 Å². The van der Waals surface area contributed by atoms with E-state index in [0.717, 1.165) is 28.3 Å². The maximum atomic E-state index is 13.9. The van der Waals surface area contributed by atoms with Crippen molar-refractivity contribution in [3.8, 4) is 5.75 Å². The zero-order valence-electron chi connectivity index (χ0n) is 23.0. The minimum atomic E-state index is -4.10. The van der Waals surface area contributed by atoms with E-state index in [2.05, 4.69) is 5.32 Å². The number of unbranched alkanes of at least 4 members (excludes halogenated alkanes) is 1. The first-order chi connectivity index (χ1) is 18.7. The number of nitrogens with zero attached hydrogens (tertiary/aromatic N) is 2. The van der Waals surface area contributed by atoms with Crippen LogP contribution in [0.5, 0.6) is 5.75 Å². The van der Waals surface area contributed by atoms with Crippen LogP contribution in [0.3, 0.4) is 0 Å². The first-order valence-corrected chi connectivity index (χ1v) is 14.5. The van der Waals surface area contributed by atoms with Crippen molar-refractivity contribution in [2.24, 2.45) is 0 Å². The molecule has 0 saturated carbocycles. The zero-order chi connectivity index (χ0) is 28.4. The van der Waals surface area contributed by atoms with Crippen LogP contribution in [0.2, 0.25) is 0 Å². The summed E-state index contributed by atoms with van der Waals surface area (Å²) in [5, 5.41) is 2.89. The van der Waals surface area contributed by atoms with E-state index in [1.54, 1.807) is 49.4 Å². The van der Waals surface area contributed by atoms with Gasteiger partial charge in [0.2, 0.25) is 11.8 Å². The molecule has 0 saturated heterocycles. The zero-order valence-corrected chi connectivity index (χ0v) is 23.8. The number of methoxy groups -OCH3 is 1. The third-order valence-electron chi connectivity index (χ3n) is 6.40. The predicted molar refractivity (Wildman–Crippen MR) is 153 cm³/mol. The van der Waals surface area contributed by atoms with Crippen LogP contribution >= 0.6 is 0 Å². The number of amides is 2. The van der Waals surface area contributed by atoms with Gasteiger partial charge in [-0.2, -0.15) is 0 Å². The van der Waals surface area contributed by atoms with Crippen molar-refractivity contribution >= 4 is 27.5 Å². The summed E-state index contributed by atoms with van der Waals surface area (Å²) in [4.78, 5) is 28.4. The number of nitrogens with one attached hydrogen (secondary N) is 1. The van der Waals surface area contributed by atoms with Crippen LogP contribution in [-0.4, -0.2) is 51.4 Å². The van der Waals surface area contributed by atoms with Crippen LogP contribution in [-0.2, 0) is 26.2 Å². The van der Waals surface area contributed by atoms with Gasteiger partial charge in [0.15, 0.2) is 0 Å². The Labute approximate surface area is 231 Å². The Kier molecular flexibility index (Phi) is 10.5. The molecule has 0 bridgehead atoms. The molecule has 8 nitrogen and oxygen atoms in total. The summed E-state index contributed by atoms with van der Waals surface area (Å²) in [7, 11) is -2.58. The minimum Gasteiger partial charge on any atom is -0.497 e. The highest BCUT2D eigenvalue weighted by Crippen LogP contribution is 2.26. The Morgan fingerprint density at radius 1 is 0.974 bits per heavy atom. The summed E-state index contributed by atoms with van der Waals surface area (Å²) in [6.07, 6.45) is 1.75. The Morgan fingerprint density at radius 3 is 2.28 bits per heavy atom. The average molecular weight is 552 g/mol. The summed E-state index contributed by atoms with van der Waals surface area (Å²) in [5.41, 5.74) is 2.17. The molecule has 0 radical (unpaired) electrons. The van der Waals surface area contributed by atoms with Crippen molar-refractivity contribution in [2.75, 3.05) is 24.5 Å². The van der Waals surface area contributed by atoms with Crippen molar-refractivity contribution in [1.82, 2.24) is 10.2 Å². The number of anilines is 1. The van der Waals surface area contributed by atoms with Gasteiger partial charge in [-0.15, -0.1) is 0 Å². The van der Waals surface area contributed by atoms with Crippen LogP contribution < -0.4 is 14.4 Å². The molecule has 0 unspecified atom stereocenters. The number of aryl methyl sites for hydroxylation is 1. The van der Waals surface area contributed by atoms with E-state index >= 15 is 0 Å². The maximum Gasteiger partial charge on any atom is 0.264 e. The van der Waals surface area contributed by atoms with Crippen LogP contribution in [0, 0.1) is 6.92 Å².